The molecule has 0 bridgehead atoms. The van der Waals surface area contributed by atoms with E-state index >= 15 is 0 Å². The van der Waals surface area contributed by atoms with Gasteiger partial charge in [-0.2, -0.15) is 0 Å². The van der Waals surface area contributed by atoms with Crippen LogP contribution in [0, 0.1) is 0 Å². The first-order valence-electron chi connectivity index (χ1n) is 13.9. The third-order valence-corrected chi connectivity index (χ3v) is 6.38. The van der Waals surface area contributed by atoms with Crippen LogP contribution < -0.4 is 18.9 Å². The molecule has 1 aliphatic heterocycles. The molecule has 1 atom stereocenters. The van der Waals surface area contributed by atoms with Crippen LogP contribution in [0.5, 0.6) is 23.0 Å². The molecule has 3 aromatic rings. The van der Waals surface area contributed by atoms with Crippen molar-refractivity contribution < 1.29 is 23.7 Å². The minimum absolute atomic E-state index is 0.0487. The molecule has 1 aliphatic rings. The zero-order valence-corrected chi connectivity index (χ0v) is 24.0. The fourth-order valence-electron chi connectivity index (χ4n) is 4.64. The average molecular weight is 532 g/mol. The van der Waals surface area contributed by atoms with Crippen LogP contribution in [-0.4, -0.2) is 44.3 Å². The van der Waals surface area contributed by atoms with E-state index in [1.54, 1.807) is 7.11 Å². The van der Waals surface area contributed by atoms with Crippen LogP contribution in [-0.2, 0) is 17.8 Å². The monoisotopic (exact) mass is 531 g/mol. The molecule has 0 amide bonds. The highest BCUT2D eigenvalue weighted by atomic mass is 16.5. The number of hydrogen-bond donors (Lipinski definition) is 0. The molecule has 0 radical (unpaired) electrons. The lowest BCUT2D eigenvalue weighted by Crippen LogP contribution is -2.22. The zero-order valence-electron chi connectivity index (χ0n) is 24.0. The van der Waals surface area contributed by atoms with E-state index in [1.807, 2.05) is 58.0 Å². The Morgan fingerprint density at radius 3 is 2.15 bits per heavy atom. The predicted molar refractivity (Wildman–Crippen MR) is 156 cm³/mol. The van der Waals surface area contributed by atoms with Gasteiger partial charge in [-0.15, -0.1) is 0 Å². The van der Waals surface area contributed by atoms with E-state index in [2.05, 4.69) is 37.3 Å². The summed E-state index contributed by atoms with van der Waals surface area (Å²) >= 11 is 0. The van der Waals surface area contributed by atoms with E-state index < -0.39 is 0 Å². The summed E-state index contributed by atoms with van der Waals surface area (Å²) in [7, 11) is 1.67. The molecule has 6 heteroatoms. The van der Waals surface area contributed by atoms with Gasteiger partial charge in [0.1, 0.15) is 18.1 Å². The molecular formula is C33H41NO5. The minimum atomic E-state index is 0.0487. The summed E-state index contributed by atoms with van der Waals surface area (Å²) in [4.78, 5) is 5.16. The molecule has 0 aliphatic carbocycles. The second-order valence-electron chi connectivity index (χ2n) is 10.3. The summed E-state index contributed by atoms with van der Waals surface area (Å²) in [5.74, 6) is 2.93. The number of aliphatic imine (C=N–C) groups is 1. The van der Waals surface area contributed by atoms with Gasteiger partial charge in [-0.1, -0.05) is 37.3 Å². The molecule has 208 valence electrons. The topological polar surface area (TPSA) is 58.5 Å². The summed E-state index contributed by atoms with van der Waals surface area (Å²) in [6, 6.07) is 20.5. The van der Waals surface area contributed by atoms with Crippen LogP contribution in [0.3, 0.4) is 0 Å². The Balaban J connectivity index is 1.59. The Kier molecular flexibility index (Phi) is 9.88. The van der Waals surface area contributed by atoms with Crippen molar-refractivity contribution in [3.63, 3.8) is 0 Å². The Morgan fingerprint density at radius 2 is 1.54 bits per heavy atom. The summed E-state index contributed by atoms with van der Waals surface area (Å²) < 4.78 is 29.8. The summed E-state index contributed by atoms with van der Waals surface area (Å²) in [6.45, 7) is 11.7. The smallest absolute Gasteiger partial charge is 0.161 e. The summed E-state index contributed by atoms with van der Waals surface area (Å²) in [5, 5.41) is 0. The Hall–Kier alpha value is -3.51. The fraction of sp³-hybridized carbons (Fsp3) is 0.424. The molecule has 1 heterocycles. The van der Waals surface area contributed by atoms with Crippen LogP contribution >= 0.6 is 0 Å². The van der Waals surface area contributed by atoms with Crippen molar-refractivity contribution >= 4 is 5.71 Å². The predicted octanol–water partition coefficient (Wildman–Crippen LogP) is 7.04. The SMILES string of the molecule is CCC1Cc2cc(OCCOCc3ccccc3)c(OC)cc2C(c2cc(OC(C)C)cc(OC(C)C)c2)=N1. The fourth-order valence-corrected chi connectivity index (χ4v) is 4.64. The van der Waals surface area contributed by atoms with Gasteiger partial charge < -0.3 is 23.7 Å². The van der Waals surface area contributed by atoms with Crippen molar-refractivity contribution in [2.75, 3.05) is 20.3 Å². The molecule has 0 aromatic heterocycles. The van der Waals surface area contributed by atoms with E-state index in [1.165, 1.54) is 5.56 Å². The van der Waals surface area contributed by atoms with E-state index in [0.29, 0.717) is 25.6 Å². The third kappa shape index (κ3) is 7.76. The van der Waals surface area contributed by atoms with E-state index in [4.69, 9.17) is 28.7 Å². The Bertz CT molecular complexity index is 1220. The van der Waals surface area contributed by atoms with E-state index in [0.717, 1.165) is 52.5 Å². The number of ether oxygens (including phenoxy) is 5. The first kappa shape index (κ1) is 28.5. The van der Waals surface area contributed by atoms with Crippen LogP contribution in [0.1, 0.15) is 63.3 Å². The van der Waals surface area contributed by atoms with Crippen LogP contribution in [0.15, 0.2) is 65.7 Å². The highest BCUT2D eigenvalue weighted by molar-refractivity contribution is 6.15. The van der Waals surface area contributed by atoms with Gasteiger partial charge in [-0.25, -0.2) is 0 Å². The van der Waals surface area contributed by atoms with Gasteiger partial charge in [-0.05, 0) is 75.9 Å². The first-order valence-corrected chi connectivity index (χ1v) is 13.9. The number of hydrogen-bond acceptors (Lipinski definition) is 6. The van der Waals surface area contributed by atoms with Gasteiger partial charge >= 0.3 is 0 Å². The molecule has 4 rings (SSSR count). The molecule has 0 N–H and O–H groups in total. The van der Waals surface area contributed by atoms with E-state index in [9.17, 15) is 0 Å². The number of nitrogens with zero attached hydrogens (tertiary/aromatic N) is 1. The second-order valence-corrected chi connectivity index (χ2v) is 10.3. The maximum Gasteiger partial charge on any atom is 0.161 e. The van der Waals surface area contributed by atoms with Crippen molar-refractivity contribution in [2.45, 2.75) is 72.3 Å². The first-order chi connectivity index (χ1) is 18.9. The molecule has 0 saturated heterocycles. The number of benzene rings is 3. The molecule has 0 spiro atoms. The largest absolute Gasteiger partial charge is 0.493 e. The highest BCUT2D eigenvalue weighted by Gasteiger charge is 2.25. The normalized spacial score (nSPS) is 14.7. The molecule has 6 nitrogen and oxygen atoms in total. The quantitative estimate of drug-likeness (QED) is 0.222. The van der Waals surface area contributed by atoms with Crippen LogP contribution in [0.25, 0.3) is 0 Å². The average Bonchev–Trinajstić information content (AvgIpc) is 2.91. The standard InChI is InChI=1S/C33H41NO5/c1-7-27-15-25-18-32(37-14-13-36-21-24-11-9-8-10-12-24)31(35-6)20-30(25)33(34-27)26-16-28(38-22(2)3)19-29(17-26)39-23(4)5/h8-12,16-20,22-23,27H,7,13-15,21H2,1-6H3. The lowest BCUT2D eigenvalue weighted by molar-refractivity contribution is 0.0879. The molecule has 39 heavy (non-hydrogen) atoms. The van der Waals surface area contributed by atoms with Crippen molar-refractivity contribution in [3.8, 4) is 23.0 Å². The van der Waals surface area contributed by atoms with Gasteiger partial charge in [0.2, 0.25) is 0 Å². The molecule has 0 fully saturated rings. The molecule has 3 aromatic carbocycles. The molecular weight excluding hydrogens is 490 g/mol. The van der Waals surface area contributed by atoms with Gasteiger partial charge in [0.25, 0.3) is 0 Å². The number of methoxy groups -OCH3 is 1. The van der Waals surface area contributed by atoms with Gasteiger partial charge in [0.05, 0.1) is 44.3 Å². The van der Waals surface area contributed by atoms with Gasteiger partial charge in [-0.3, -0.25) is 4.99 Å². The van der Waals surface area contributed by atoms with Crippen LogP contribution in [0.4, 0.5) is 0 Å². The second kappa shape index (κ2) is 13.5. The van der Waals surface area contributed by atoms with E-state index in [-0.39, 0.29) is 18.2 Å². The van der Waals surface area contributed by atoms with Crippen molar-refractivity contribution in [1.29, 1.82) is 0 Å². The highest BCUT2D eigenvalue weighted by Crippen LogP contribution is 2.37. The zero-order chi connectivity index (χ0) is 27.8. The lowest BCUT2D eigenvalue weighted by atomic mass is 9.89. The van der Waals surface area contributed by atoms with Crippen LogP contribution in [0.2, 0.25) is 0 Å². The summed E-state index contributed by atoms with van der Waals surface area (Å²) in [5.41, 5.74) is 5.26. The number of rotatable bonds is 13. The number of fused-ring (bicyclic) bond motifs is 1. The van der Waals surface area contributed by atoms with Crippen molar-refractivity contribution in [2.24, 2.45) is 4.99 Å². The molecule has 1 unspecified atom stereocenters. The van der Waals surface area contributed by atoms with Crippen molar-refractivity contribution in [3.05, 3.63) is 82.9 Å². The minimum Gasteiger partial charge on any atom is -0.493 e. The maximum atomic E-state index is 6.14. The van der Waals surface area contributed by atoms with Gasteiger partial charge in [0.15, 0.2) is 11.5 Å². The van der Waals surface area contributed by atoms with Gasteiger partial charge in [0, 0.05) is 17.2 Å². The molecule has 0 saturated carbocycles. The lowest BCUT2D eigenvalue weighted by Gasteiger charge is -2.25. The summed E-state index contributed by atoms with van der Waals surface area (Å²) in [6.07, 6.45) is 1.88. The van der Waals surface area contributed by atoms with Crippen molar-refractivity contribution in [1.82, 2.24) is 0 Å². The third-order valence-electron chi connectivity index (χ3n) is 6.38. The Morgan fingerprint density at radius 1 is 0.846 bits per heavy atom. The Labute approximate surface area is 232 Å². The maximum absolute atomic E-state index is 6.14.